The lowest BCUT2D eigenvalue weighted by atomic mass is 9.80. The molecule has 6 heteroatoms. The van der Waals surface area contributed by atoms with Crippen molar-refractivity contribution in [2.75, 3.05) is 26.2 Å². The molecule has 1 amide bonds. The van der Waals surface area contributed by atoms with Crippen LogP contribution in [0.5, 0.6) is 0 Å². The summed E-state index contributed by atoms with van der Waals surface area (Å²) < 4.78 is 14.8. The average Bonchev–Trinajstić information content (AvgIpc) is 2.76. The summed E-state index contributed by atoms with van der Waals surface area (Å²) >= 11 is 0. The Hall–Kier alpha value is -2.05. The molecule has 1 saturated heterocycles. The van der Waals surface area contributed by atoms with Crippen molar-refractivity contribution in [3.8, 4) is 0 Å². The fourth-order valence-electron chi connectivity index (χ4n) is 4.88. The van der Waals surface area contributed by atoms with Crippen LogP contribution in [0.15, 0.2) is 18.2 Å². The molecule has 4 rings (SSSR count). The smallest absolute Gasteiger partial charge is 0.251 e. The third kappa shape index (κ3) is 5.24. The molecule has 0 spiro atoms. The lowest BCUT2D eigenvalue weighted by Gasteiger charge is -2.29. The van der Waals surface area contributed by atoms with Gasteiger partial charge in [-0.25, -0.2) is 9.37 Å². The van der Waals surface area contributed by atoms with E-state index in [1.807, 2.05) is 6.07 Å². The number of carbonyl (C=O) groups is 1. The number of halogens is 1. The topological polar surface area (TPSA) is 65.5 Å². The highest BCUT2D eigenvalue weighted by Gasteiger charge is 2.23. The molecule has 1 aliphatic heterocycles. The molecule has 0 saturated carbocycles. The lowest BCUT2D eigenvalue weighted by molar-refractivity contribution is 0.0816. The van der Waals surface area contributed by atoms with Crippen molar-refractivity contribution in [2.45, 2.75) is 58.5 Å². The number of pyridine rings is 1. The minimum atomic E-state index is -0.427. The molecule has 2 aliphatic rings. The van der Waals surface area contributed by atoms with Crippen molar-refractivity contribution in [1.29, 1.82) is 0 Å². The summed E-state index contributed by atoms with van der Waals surface area (Å²) in [5.41, 5.74) is 2.92. The van der Waals surface area contributed by atoms with E-state index >= 15 is 0 Å². The van der Waals surface area contributed by atoms with Gasteiger partial charge < -0.3 is 15.3 Å². The van der Waals surface area contributed by atoms with Crippen molar-refractivity contribution in [2.24, 2.45) is 11.8 Å². The number of carbonyl (C=O) groups excluding carboxylic acids is 1. The molecule has 2 aromatic rings. The molecule has 2 heterocycles. The average molecular weight is 428 g/mol. The van der Waals surface area contributed by atoms with Crippen LogP contribution in [-0.4, -0.2) is 53.2 Å². The minimum absolute atomic E-state index is 0.171. The molecule has 1 atom stereocenters. The maximum atomic E-state index is 14.8. The van der Waals surface area contributed by atoms with Crippen LogP contribution in [0, 0.1) is 17.7 Å². The molecule has 0 bridgehead atoms. The molecule has 1 aromatic heterocycles. The standard InChI is InChI=1S/C25H34FN3O2/c1-16(2)17-4-5-23-18(12-17)13-19-14-20(15-22(26)24(19)28-23)25(31)27-8-3-9-29-10-6-21(30)7-11-29/h13-17,21,30H,3-12H2,1-2H3,(H,27,31). The zero-order chi connectivity index (χ0) is 22.0. The summed E-state index contributed by atoms with van der Waals surface area (Å²) in [7, 11) is 0. The Morgan fingerprint density at radius 2 is 2.03 bits per heavy atom. The molecule has 168 valence electrons. The number of nitrogens with one attached hydrogen (secondary N) is 1. The van der Waals surface area contributed by atoms with Crippen LogP contribution in [0.25, 0.3) is 10.9 Å². The number of aliphatic hydroxyl groups excluding tert-OH is 1. The second kappa shape index (κ2) is 9.61. The van der Waals surface area contributed by atoms with Gasteiger partial charge in [-0.15, -0.1) is 0 Å². The normalized spacial score (nSPS) is 20.2. The second-order valence-electron chi connectivity index (χ2n) is 9.55. The highest BCUT2D eigenvalue weighted by Crippen LogP contribution is 2.32. The molecule has 31 heavy (non-hydrogen) atoms. The molecule has 1 aliphatic carbocycles. The van der Waals surface area contributed by atoms with Gasteiger partial charge in [-0.05, 0) is 80.7 Å². The lowest BCUT2D eigenvalue weighted by Crippen LogP contribution is -2.37. The number of aromatic nitrogens is 1. The van der Waals surface area contributed by atoms with Crippen molar-refractivity contribution >= 4 is 16.8 Å². The Bertz CT molecular complexity index is 938. The SMILES string of the molecule is CC(C)C1CCc2nc3c(F)cc(C(=O)NCCCN4CCC(O)CC4)cc3cc2C1. The minimum Gasteiger partial charge on any atom is -0.393 e. The molecule has 5 nitrogen and oxygen atoms in total. The first-order valence-corrected chi connectivity index (χ1v) is 11.7. The van der Waals surface area contributed by atoms with E-state index in [0.29, 0.717) is 34.8 Å². The summed E-state index contributed by atoms with van der Waals surface area (Å²) in [6.45, 7) is 7.75. The maximum Gasteiger partial charge on any atom is 0.251 e. The number of nitrogens with zero attached hydrogens (tertiary/aromatic N) is 2. The Morgan fingerprint density at radius 3 is 2.77 bits per heavy atom. The number of rotatable bonds is 6. The number of aryl methyl sites for hydroxylation is 1. The van der Waals surface area contributed by atoms with Crippen LogP contribution in [0.4, 0.5) is 4.39 Å². The quantitative estimate of drug-likeness (QED) is 0.690. The summed E-state index contributed by atoms with van der Waals surface area (Å²) in [6.07, 6.45) is 5.27. The Labute approximate surface area is 184 Å². The summed E-state index contributed by atoms with van der Waals surface area (Å²) in [6, 6.07) is 5.12. The molecular weight excluding hydrogens is 393 g/mol. The van der Waals surface area contributed by atoms with E-state index < -0.39 is 5.82 Å². The number of piperidine rings is 1. The van der Waals surface area contributed by atoms with E-state index in [1.54, 1.807) is 6.07 Å². The van der Waals surface area contributed by atoms with Gasteiger partial charge in [-0.1, -0.05) is 13.8 Å². The van der Waals surface area contributed by atoms with Gasteiger partial charge in [0.1, 0.15) is 11.3 Å². The number of fused-ring (bicyclic) bond motifs is 2. The third-order valence-corrected chi connectivity index (χ3v) is 6.97. The molecule has 2 N–H and O–H groups in total. The van der Waals surface area contributed by atoms with E-state index in [0.717, 1.165) is 63.9 Å². The molecule has 1 fully saturated rings. The number of aliphatic hydroxyl groups is 1. The fraction of sp³-hybridized carbons (Fsp3) is 0.600. The summed E-state index contributed by atoms with van der Waals surface area (Å²) in [4.78, 5) is 19.5. The van der Waals surface area contributed by atoms with Crippen LogP contribution < -0.4 is 5.32 Å². The van der Waals surface area contributed by atoms with E-state index in [-0.39, 0.29) is 12.0 Å². The number of amides is 1. The Balaban J connectivity index is 1.40. The second-order valence-corrected chi connectivity index (χ2v) is 9.55. The van der Waals surface area contributed by atoms with Gasteiger partial charge in [-0.3, -0.25) is 4.79 Å². The predicted octanol–water partition coefficient (Wildman–Crippen LogP) is 3.71. The molecule has 1 unspecified atom stereocenters. The number of benzene rings is 1. The van der Waals surface area contributed by atoms with Crippen LogP contribution in [0.3, 0.4) is 0 Å². The van der Waals surface area contributed by atoms with Crippen LogP contribution in [0.1, 0.15) is 61.1 Å². The molecule has 1 aromatic carbocycles. The van der Waals surface area contributed by atoms with Crippen molar-refractivity contribution in [3.63, 3.8) is 0 Å². The molecule has 0 radical (unpaired) electrons. The van der Waals surface area contributed by atoms with E-state index in [9.17, 15) is 14.3 Å². The highest BCUT2D eigenvalue weighted by atomic mass is 19.1. The zero-order valence-electron chi connectivity index (χ0n) is 18.7. The Morgan fingerprint density at radius 1 is 1.26 bits per heavy atom. The van der Waals surface area contributed by atoms with Crippen molar-refractivity contribution < 1.29 is 14.3 Å². The van der Waals surface area contributed by atoms with Gasteiger partial charge in [0.05, 0.1) is 6.10 Å². The molecular formula is C25H34FN3O2. The monoisotopic (exact) mass is 427 g/mol. The fourth-order valence-corrected chi connectivity index (χ4v) is 4.88. The van der Waals surface area contributed by atoms with Gasteiger partial charge in [0.2, 0.25) is 0 Å². The van der Waals surface area contributed by atoms with Crippen molar-refractivity contribution in [3.05, 3.63) is 40.8 Å². The largest absolute Gasteiger partial charge is 0.393 e. The Kier molecular flexibility index (Phi) is 6.87. The zero-order valence-corrected chi connectivity index (χ0v) is 18.7. The van der Waals surface area contributed by atoms with Crippen LogP contribution in [0.2, 0.25) is 0 Å². The van der Waals surface area contributed by atoms with Gasteiger partial charge in [-0.2, -0.15) is 0 Å². The van der Waals surface area contributed by atoms with Crippen LogP contribution >= 0.6 is 0 Å². The highest BCUT2D eigenvalue weighted by molar-refractivity contribution is 5.98. The van der Waals surface area contributed by atoms with Gasteiger partial charge in [0.25, 0.3) is 5.91 Å². The maximum absolute atomic E-state index is 14.8. The van der Waals surface area contributed by atoms with Gasteiger partial charge in [0, 0.05) is 36.3 Å². The number of likely N-dealkylation sites (tertiary alicyclic amines) is 1. The van der Waals surface area contributed by atoms with Gasteiger partial charge >= 0.3 is 0 Å². The first-order valence-electron chi connectivity index (χ1n) is 11.7. The summed E-state index contributed by atoms with van der Waals surface area (Å²) in [5.74, 6) is 0.579. The van der Waals surface area contributed by atoms with Crippen molar-refractivity contribution in [1.82, 2.24) is 15.2 Å². The van der Waals surface area contributed by atoms with E-state index in [1.165, 1.54) is 11.6 Å². The van der Waals surface area contributed by atoms with E-state index in [4.69, 9.17) is 0 Å². The summed E-state index contributed by atoms with van der Waals surface area (Å²) in [5, 5.41) is 13.2. The van der Waals surface area contributed by atoms with E-state index in [2.05, 4.69) is 29.0 Å². The third-order valence-electron chi connectivity index (χ3n) is 6.97. The first kappa shape index (κ1) is 22.2. The predicted molar refractivity (Wildman–Crippen MR) is 121 cm³/mol. The van der Waals surface area contributed by atoms with Gasteiger partial charge in [0.15, 0.2) is 0 Å². The number of hydrogen-bond donors (Lipinski definition) is 2. The first-order chi connectivity index (χ1) is 14.9. The van der Waals surface area contributed by atoms with Crippen LogP contribution in [-0.2, 0) is 12.8 Å². The number of hydrogen-bond acceptors (Lipinski definition) is 4.